The van der Waals surface area contributed by atoms with E-state index in [2.05, 4.69) is 0 Å². The van der Waals surface area contributed by atoms with Gasteiger partial charge in [-0.2, -0.15) is 8.42 Å². The lowest BCUT2D eigenvalue weighted by Crippen LogP contribution is -2.05. The predicted octanol–water partition coefficient (Wildman–Crippen LogP) is 1.13. The van der Waals surface area contributed by atoms with Crippen molar-refractivity contribution in [2.24, 2.45) is 0 Å². The zero-order valence-electron chi connectivity index (χ0n) is 6.86. The maximum atomic E-state index is 10.8. The maximum Gasteiger partial charge on any atom is 0.294 e. The molecule has 14 heavy (non-hydrogen) atoms. The van der Waals surface area contributed by atoms with E-state index in [1.54, 1.807) is 0 Å². The van der Waals surface area contributed by atoms with Gasteiger partial charge >= 0.3 is 0 Å². The summed E-state index contributed by atoms with van der Waals surface area (Å²) in [5.74, 6) is 0. The first-order valence-electron chi connectivity index (χ1n) is 3.51. The van der Waals surface area contributed by atoms with Crippen LogP contribution in [0.25, 0.3) is 0 Å². The number of hydrogen-bond acceptors (Lipinski definition) is 5. The molecule has 0 spiro atoms. The highest BCUT2D eigenvalue weighted by Gasteiger charge is 2.19. The Morgan fingerprint density at radius 2 is 1.86 bits per heavy atom. The lowest BCUT2D eigenvalue weighted by Gasteiger charge is -2.09. The summed E-state index contributed by atoms with van der Waals surface area (Å²) < 4.78 is 39.0. The van der Waals surface area contributed by atoms with Crippen LogP contribution in [0, 0.1) is 0 Å². The fourth-order valence-corrected chi connectivity index (χ4v) is 2.10. The van der Waals surface area contributed by atoms with Crippen LogP contribution in [0.15, 0.2) is 29.2 Å². The number of benzene rings is 1. The normalized spacial score (nSPS) is 13.9. The summed E-state index contributed by atoms with van der Waals surface area (Å²) in [6.45, 7) is 0. The molecule has 0 aliphatic rings. The zero-order chi connectivity index (χ0) is 10.8. The quantitative estimate of drug-likeness (QED) is 0.413. The molecule has 5 nitrogen and oxygen atoms in total. The second-order valence-electron chi connectivity index (χ2n) is 2.47. The highest BCUT2D eigenvalue weighted by molar-refractivity contribution is 7.93. The summed E-state index contributed by atoms with van der Waals surface area (Å²) in [7, 11) is -4.37. The average molecular weight is 236 g/mol. The van der Waals surface area contributed by atoms with Crippen molar-refractivity contribution in [2.45, 2.75) is 10.3 Å². The predicted molar refractivity (Wildman–Crippen MR) is 51.4 cm³/mol. The van der Waals surface area contributed by atoms with Gasteiger partial charge in [-0.1, -0.05) is 18.2 Å². The molecule has 0 heterocycles. The van der Waals surface area contributed by atoms with Crippen molar-refractivity contribution >= 4 is 22.2 Å². The summed E-state index contributed by atoms with van der Waals surface area (Å²) in [6.07, 6.45) is 0. The van der Waals surface area contributed by atoms with Gasteiger partial charge in [-0.15, -0.1) is 0 Å². The van der Waals surface area contributed by atoms with Crippen LogP contribution in [0.5, 0.6) is 0 Å². The monoisotopic (exact) mass is 236 g/mol. The zero-order valence-corrected chi connectivity index (χ0v) is 8.49. The van der Waals surface area contributed by atoms with E-state index in [0.717, 1.165) is 6.07 Å². The van der Waals surface area contributed by atoms with E-state index in [1.807, 2.05) is 0 Å². The van der Waals surface area contributed by atoms with Crippen LogP contribution in [0.2, 0.25) is 0 Å². The van der Waals surface area contributed by atoms with Gasteiger partial charge in [0, 0.05) is 17.6 Å². The number of aliphatic hydroxyl groups excluding tert-OH is 1. The molecule has 0 saturated heterocycles. The molecule has 1 rings (SSSR count). The SMILES string of the molecule is O=S(=O)(O)c1ccccc1C(O)SO. The molecule has 1 aromatic rings. The van der Waals surface area contributed by atoms with Crippen molar-refractivity contribution in [3.05, 3.63) is 29.8 Å². The summed E-state index contributed by atoms with van der Waals surface area (Å²) >= 11 is 0.0881. The van der Waals surface area contributed by atoms with Gasteiger partial charge in [-0.3, -0.25) is 4.55 Å². The molecule has 0 bridgehead atoms. The minimum absolute atomic E-state index is 0.0532. The summed E-state index contributed by atoms with van der Waals surface area (Å²) in [4.78, 5) is -0.408. The van der Waals surface area contributed by atoms with Crippen molar-refractivity contribution in [1.82, 2.24) is 0 Å². The topological polar surface area (TPSA) is 94.8 Å². The van der Waals surface area contributed by atoms with E-state index in [9.17, 15) is 13.5 Å². The van der Waals surface area contributed by atoms with E-state index >= 15 is 0 Å². The van der Waals surface area contributed by atoms with Gasteiger partial charge < -0.3 is 9.66 Å². The molecule has 3 N–H and O–H groups in total. The molecule has 1 aromatic carbocycles. The Morgan fingerprint density at radius 1 is 1.29 bits per heavy atom. The van der Waals surface area contributed by atoms with Crippen LogP contribution in [0.1, 0.15) is 11.0 Å². The van der Waals surface area contributed by atoms with Crippen LogP contribution >= 0.6 is 12.0 Å². The van der Waals surface area contributed by atoms with Crippen molar-refractivity contribution in [3.8, 4) is 0 Å². The molecule has 7 heteroatoms. The van der Waals surface area contributed by atoms with Gasteiger partial charge in [-0.05, 0) is 6.07 Å². The Labute approximate surface area is 85.3 Å². The average Bonchev–Trinajstić information content (AvgIpc) is 2.15. The van der Waals surface area contributed by atoms with Crippen molar-refractivity contribution in [3.63, 3.8) is 0 Å². The second-order valence-corrected chi connectivity index (χ2v) is 4.52. The van der Waals surface area contributed by atoms with Crippen molar-refractivity contribution < 1.29 is 22.6 Å². The van der Waals surface area contributed by atoms with Crippen LogP contribution in [0.4, 0.5) is 0 Å². The Balaban J connectivity index is 3.30. The summed E-state index contributed by atoms with van der Waals surface area (Å²) in [5, 5.41) is 9.21. The second kappa shape index (κ2) is 4.28. The molecule has 0 fully saturated rings. The van der Waals surface area contributed by atoms with Crippen LogP contribution in [0.3, 0.4) is 0 Å². The smallest absolute Gasteiger partial charge is 0.294 e. The molecule has 1 unspecified atom stereocenters. The maximum absolute atomic E-state index is 10.8. The molecule has 0 aliphatic carbocycles. The number of rotatable bonds is 3. The van der Waals surface area contributed by atoms with E-state index in [4.69, 9.17) is 9.11 Å². The minimum Gasteiger partial charge on any atom is -0.376 e. The molecular formula is C7H8O5S2. The van der Waals surface area contributed by atoms with E-state index < -0.39 is 20.4 Å². The van der Waals surface area contributed by atoms with Gasteiger partial charge in [0.15, 0.2) is 5.44 Å². The molecule has 0 saturated carbocycles. The summed E-state index contributed by atoms with van der Waals surface area (Å²) in [5.41, 5.74) is -1.45. The highest BCUT2D eigenvalue weighted by Crippen LogP contribution is 2.28. The first kappa shape index (κ1) is 11.5. The van der Waals surface area contributed by atoms with Crippen molar-refractivity contribution in [2.75, 3.05) is 0 Å². The van der Waals surface area contributed by atoms with E-state index in [1.165, 1.54) is 18.2 Å². The standard InChI is InChI=1S/C7H8O5S2/c8-7(13-9)5-3-1-2-4-6(5)14(10,11)12/h1-4,7-9H,(H,10,11,12). The molecular weight excluding hydrogens is 228 g/mol. The lowest BCUT2D eigenvalue weighted by atomic mass is 10.2. The van der Waals surface area contributed by atoms with Crippen LogP contribution in [-0.4, -0.2) is 22.6 Å². The Kier molecular flexibility index (Phi) is 3.51. The molecule has 0 aliphatic heterocycles. The molecule has 1 atom stereocenters. The van der Waals surface area contributed by atoms with Crippen molar-refractivity contribution in [1.29, 1.82) is 0 Å². The molecule has 78 valence electrons. The highest BCUT2D eigenvalue weighted by atomic mass is 32.2. The van der Waals surface area contributed by atoms with Gasteiger partial charge in [0.05, 0.1) is 0 Å². The third kappa shape index (κ3) is 2.46. The Hall–Kier alpha value is -0.600. The fourth-order valence-electron chi connectivity index (χ4n) is 0.976. The third-order valence-electron chi connectivity index (χ3n) is 1.56. The molecule has 0 radical (unpaired) electrons. The number of aliphatic hydroxyl groups is 1. The van der Waals surface area contributed by atoms with E-state index in [-0.39, 0.29) is 17.6 Å². The molecule has 0 aromatic heterocycles. The van der Waals surface area contributed by atoms with Crippen LogP contribution < -0.4 is 0 Å². The minimum atomic E-state index is -4.37. The third-order valence-corrected chi connectivity index (χ3v) is 2.94. The van der Waals surface area contributed by atoms with Gasteiger partial charge in [0.1, 0.15) is 4.90 Å². The lowest BCUT2D eigenvalue weighted by molar-refractivity contribution is 0.258. The van der Waals surface area contributed by atoms with E-state index in [0.29, 0.717) is 0 Å². The molecule has 0 amide bonds. The van der Waals surface area contributed by atoms with Crippen LogP contribution in [-0.2, 0) is 10.1 Å². The first-order valence-corrected chi connectivity index (χ1v) is 5.79. The summed E-state index contributed by atoms with van der Waals surface area (Å²) in [6, 6.07) is 5.34. The Morgan fingerprint density at radius 3 is 2.36 bits per heavy atom. The first-order chi connectivity index (χ1) is 6.46. The fraction of sp³-hybridized carbons (Fsp3) is 0.143. The van der Waals surface area contributed by atoms with Gasteiger partial charge in [-0.25, -0.2) is 0 Å². The van der Waals surface area contributed by atoms with Gasteiger partial charge in [0.25, 0.3) is 10.1 Å². The van der Waals surface area contributed by atoms with Gasteiger partial charge in [0.2, 0.25) is 0 Å². The Bertz CT molecular complexity index is 414. The number of hydrogen-bond donors (Lipinski definition) is 3. The largest absolute Gasteiger partial charge is 0.376 e.